The third-order valence-corrected chi connectivity index (χ3v) is 3.79. The lowest BCUT2D eigenvalue weighted by Crippen LogP contribution is -3.00. The van der Waals surface area contributed by atoms with Gasteiger partial charge in [-0.05, 0) is 42.8 Å². The molecule has 3 aromatic rings. The number of carboxylic acid groups (broad SMARTS) is 1. The average molecular weight is 357 g/mol. The molecule has 0 saturated heterocycles. The van der Waals surface area contributed by atoms with Crippen molar-refractivity contribution in [1.82, 2.24) is 5.32 Å². The van der Waals surface area contributed by atoms with Crippen LogP contribution in [0.1, 0.15) is 21.7 Å². The van der Waals surface area contributed by atoms with E-state index in [4.69, 9.17) is 9.52 Å². The standard InChI is InChI=1S/C20H19NO3.ClH/c22-20(23)17-8-4-7-16(13-17)19-10-9-18(24-19)14-21-12-11-15-5-2-1-3-6-15;/h1-10,13,21H,11-12,14H2,(H,22,23);1H/p-1. The molecular formula is C20H19ClNO3-. The first kappa shape index (κ1) is 18.8. The smallest absolute Gasteiger partial charge is 0.335 e. The summed E-state index contributed by atoms with van der Waals surface area (Å²) in [7, 11) is 0. The van der Waals surface area contributed by atoms with Gasteiger partial charge >= 0.3 is 5.97 Å². The number of furan rings is 1. The van der Waals surface area contributed by atoms with E-state index in [2.05, 4.69) is 17.4 Å². The molecule has 0 atom stereocenters. The fourth-order valence-corrected chi connectivity index (χ4v) is 2.52. The van der Waals surface area contributed by atoms with Gasteiger partial charge in [-0.1, -0.05) is 42.5 Å². The Balaban J connectivity index is 0.00000225. The van der Waals surface area contributed by atoms with Crippen molar-refractivity contribution in [2.24, 2.45) is 0 Å². The van der Waals surface area contributed by atoms with E-state index < -0.39 is 5.97 Å². The molecule has 130 valence electrons. The van der Waals surface area contributed by atoms with Gasteiger partial charge in [0.2, 0.25) is 0 Å². The highest BCUT2D eigenvalue weighted by Crippen LogP contribution is 2.23. The highest BCUT2D eigenvalue weighted by atomic mass is 35.5. The summed E-state index contributed by atoms with van der Waals surface area (Å²) in [5, 5.41) is 12.4. The molecule has 0 aliphatic rings. The fraction of sp³-hybridized carbons (Fsp3) is 0.150. The van der Waals surface area contributed by atoms with Crippen LogP contribution in [0.3, 0.4) is 0 Å². The highest BCUT2D eigenvalue weighted by molar-refractivity contribution is 5.89. The maximum Gasteiger partial charge on any atom is 0.335 e. The van der Waals surface area contributed by atoms with Gasteiger partial charge in [-0.15, -0.1) is 0 Å². The zero-order valence-electron chi connectivity index (χ0n) is 13.6. The molecule has 0 spiro atoms. The normalized spacial score (nSPS) is 10.2. The van der Waals surface area contributed by atoms with E-state index in [0.29, 0.717) is 12.3 Å². The average Bonchev–Trinajstić information content (AvgIpc) is 3.09. The molecule has 4 nitrogen and oxygen atoms in total. The van der Waals surface area contributed by atoms with E-state index in [1.54, 1.807) is 18.2 Å². The van der Waals surface area contributed by atoms with Crippen molar-refractivity contribution < 1.29 is 26.7 Å². The summed E-state index contributed by atoms with van der Waals surface area (Å²) in [5.41, 5.74) is 2.33. The SMILES string of the molecule is O=C(O)c1cccc(-c2ccc(CNCCc3ccccc3)o2)c1.[Cl-]. The van der Waals surface area contributed by atoms with Crippen LogP contribution in [0.25, 0.3) is 11.3 Å². The molecule has 0 radical (unpaired) electrons. The first-order chi connectivity index (χ1) is 11.7. The van der Waals surface area contributed by atoms with E-state index in [0.717, 1.165) is 24.3 Å². The topological polar surface area (TPSA) is 62.5 Å². The molecule has 0 bridgehead atoms. The zero-order valence-corrected chi connectivity index (χ0v) is 14.4. The third kappa shape index (κ3) is 5.21. The molecule has 0 amide bonds. The molecule has 0 unspecified atom stereocenters. The Hall–Kier alpha value is -2.56. The maximum absolute atomic E-state index is 11.0. The summed E-state index contributed by atoms with van der Waals surface area (Å²) in [4.78, 5) is 11.0. The van der Waals surface area contributed by atoms with Crippen LogP contribution in [0.2, 0.25) is 0 Å². The Morgan fingerprint density at radius 2 is 1.80 bits per heavy atom. The molecule has 2 aromatic carbocycles. The number of benzene rings is 2. The molecule has 25 heavy (non-hydrogen) atoms. The summed E-state index contributed by atoms with van der Waals surface area (Å²) in [5.74, 6) is 0.572. The van der Waals surface area contributed by atoms with Gasteiger partial charge in [0, 0.05) is 5.56 Å². The number of carbonyl (C=O) groups is 1. The van der Waals surface area contributed by atoms with Crippen LogP contribution in [0.4, 0.5) is 0 Å². The van der Waals surface area contributed by atoms with Crippen molar-refractivity contribution in [2.45, 2.75) is 13.0 Å². The fourth-order valence-electron chi connectivity index (χ4n) is 2.52. The van der Waals surface area contributed by atoms with E-state index in [-0.39, 0.29) is 18.0 Å². The van der Waals surface area contributed by atoms with Gasteiger partial charge in [-0.3, -0.25) is 0 Å². The van der Waals surface area contributed by atoms with Crippen LogP contribution < -0.4 is 17.7 Å². The predicted molar refractivity (Wildman–Crippen MR) is 93.0 cm³/mol. The molecule has 1 aromatic heterocycles. The second-order valence-corrected chi connectivity index (χ2v) is 5.56. The minimum atomic E-state index is -0.939. The molecule has 5 heteroatoms. The first-order valence-corrected chi connectivity index (χ1v) is 7.89. The summed E-state index contributed by atoms with van der Waals surface area (Å²) in [6.07, 6.45) is 0.967. The summed E-state index contributed by atoms with van der Waals surface area (Å²) >= 11 is 0. The minimum absolute atomic E-state index is 0. The minimum Gasteiger partial charge on any atom is -1.00 e. The van der Waals surface area contributed by atoms with Gasteiger partial charge in [0.05, 0.1) is 12.1 Å². The van der Waals surface area contributed by atoms with E-state index in [9.17, 15) is 4.79 Å². The Bertz CT molecular complexity index is 815. The van der Waals surface area contributed by atoms with Crippen LogP contribution in [0, 0.1) is 0 Å². The lowest BCUT2D eigenvalue weighted by molar-refractivity contribution is -0.0000208. The summed E-state index contributed by atoms with van der Waals surface area (Å²) in [6, 6.07) is 20.9. The van der Waals surface area contributed by atoms with Crippen molar-refractivity contribution in [1.29, 1.82) is 0 Å². The van der Waals surface area contributed by atoms with Crippen LogP contribution in [0.5, 0.6) is 0 Å². The Morgan fingerprint density at radius 3 is 2.56 bits per heavy atom. The number of rotatable bonds is 7. The number of halogens is 1. The first-order valence-electron chi connectivity index (χ1n) is 7.89. The van der Waals surface area contributed by atoms with Gasteiger partial charge < -0.3 is 27.2 Å². The predicted octanol–water partition coefficient (Wildman–Crippen LogP) is 0.981. The summed E-state index contributed by atoms with van der Waals surface area (Å²) in [6.45, 7) is 1.51. The van der Waals surface area contributed by atoms with Gasteiger partial charge in [0.25, 0.3) is 0 Å². The highest BCUT2D eigenvalue weighted by Gasteiger charge is 2.08. The number of aromatic carboxylic acids is 1. The number of hydrogen-bond acceptors (Lipinski definition) is 3. The van der Waals surface area contributed by atoms with Crippen LogP contribution >= 0.6 is 0 Å². The maximum atomic E-state index is 11.0. The molecule has 0 saturated carbocycles. The molecule has 0 fully saturated rings. The summed E-state index contributed by atoms with van der Waals surface area (Å²) < 4.78 is 5.80. The van der Waals surface area contributed by atoms with Crippen molar-refractivity contribution in [2.75, 3.05) is 6.54 Å². The molecule has 2 N–H and O–H groups in total. The van der Waals surface area contributed by atoms with Crippen molar-refractivity contribution in [3.8, 4) is 11.3 Å². The van der Waals surface area contributed by atoms with Crippen LogP contribution in [-0.4, -0.2) is 17.6 Å². The Morgan fingerprint density at radius 1 is 1.00 bits per heavy atom. The third-order valence-electron chi connectivity index (χ3n) is 3.79. The van der Waals surface area contributed by atoms with Crippen LogP contribution in [0.15, 0.2) is 71.1 Å². The van der Waals surface area contributed by atoms with Gasteiger partial charge in [-0.2, -0.15) is 0 Å². The number of hydrogen-bond donors (Lipinski definition) is 2. The Labute approximate surface area is 152 Å². The molecule has 0 aliphatic carbocycles. The largest absolute Gasteiger partial charge is 1.00 e. The van der Waals surface area contributed by atoms with E-state index in [1.165, 1.54) is 5.56 Å². The monoisotopic (exact) mass is 356 g/mol. The van der Waals surface area contributed by atoms with E-state index in [1.807, 2.05) is 36.4 Å². The zero-order chi connectivity index (χ0) is 16.8. The van der Waals surface area contributed by atoms with Crippen molar-refractivity contribution in [3.05, 3.63) is 83.6 Å². The number of carboxylic acids is 1. The van der Waals surface area contributed by atoms with E-state index >= 15 is 0 Å². The second kappa shape index (κ2) is 9.06. The lowest BCUT2D eigenvalue weighted by Gasteiger charge is -2.03. The Kier molecular flexibility index (Phi) is 6.81. The number of nitrogens with one attached hydrogen (secondary N) is 1. The molecular weight excluding hydrogens is 338 g/mol. The van der Waals surface area contributed by atoms with Crippen molar-refractivity contribution in [3.63, 3.8) is 0 Å². The van der Waals surface area contributed by atoms with Gasteiger partial charge in [0.1, 0.15) is 11.5 Å². The van der Waals surface area contributed by atoms with Crippen LogP contribution in [-0.2, 0) is 13.0 Å². The second-order valence-electron chi connectivity index (χ2n) is 5.56. The molecule has 3 rings (SSSR count). The quantitative estimate of drug-likeness (QED) is 0.620. The molecule has 1 heterocycles. The van der Waals surface area contributed by atoms with Gasteiger partial charge in [-0.25, -0.2) is 4.79 Å². The lowest BCUT2D eigenvalue weighted by atomic mass is 10.1. The van der Waals surface area contributed by atoms with Gasteiger partial charge in [0.15, 0.2) is 0 Å². The molecule has 0 aliphatic heterocycles. The van der Waals surface area contributed by atoms with Crippen molar-refractivity contribution >= 4 is 5.97 Å².